The van der Waals surface area contributed by atoms with E-state index in [0.717, 1.165) is 23.2 Å². The van der Waals surface area contributed by atoms with Crippen LogP contribution >= 0.6 is 15.9 Å². The van der Waals surface area contributed by atoms with Gasteiger partial charge in [-0.15, -0.1) is 0 Å². The van der Waals surface area contributed by atoms with Crippen molar-refractivity contribution < 1.29 is 4.52 Å². The molecule has 1 aliphatic rings. The quantitative estimate of drug-likeness (QED) is 0.746. The summed E-state index contributed by atoms with van der Waals surface area (Å²) >= 11 is 3.41. The molecule has 66 valence electrons. The summed E-state index contributed by atoms with van der Waals surface area (Å²) in [5.41, 5.74) is 2.41. The zero-order valence-electron chi connectivity index (χ0n) is 7.14. The third kappa shape index (κ3) is 1.30. The van der Waals surface area contributed by atoms with E-state index >= 15 is 0 Å². The minimum atomic E-state index is 0.681. The second-order valence-electron chi connectivity index (χ2n) is 3.23. The van der Waals surface area contributed by atoms with Gasteiger partial charge in [-0.25, -0.2) is 0 Å². The summed E-state index contributed by atoms with van der Waals surface area (Å²) in [6.45, 7) is 2.16. The topological polar surface area (TPSA) is 26.0 Å². The lowest BCUT2D eigenvalue weighted by molar-refractivity contribution is 0.379. The van der Waals surface area contributed by atoms with E-state index in [1.54, 1.807) is 0 Å². The van der Waals surface area contributed by atoms with Crippen LogP contribution in [0.15, 0.2) is 4.52 Å². The first kappa shape index (κ1) is 8.30. The normalized spacial score (nSPS) is 16.8. The maximum absolute atomic E-state index is 5.32. The van der Waals surface area contributed by atoms with Gasteiger partial charge in [0.25, 0.3) is 0 Å². The molecule has 1 heterocycles. The van der Waals surface area contributed by atoms with Crippen molar-refractivity contribution in [3.8, 4) is 0 Å². The van der Waals surface area contributed by atoms with Crippen molar-refractivity contribution in [3.05, 3.63) is 17.0 Å². The van der Waals surface area contributed by atoms with Crippen molar-refractivity contribution >= 4 is 15.9 Å². The number of rotatable bonds is 3. The molecule has 3 heteroatoms. The Balaban J connectivity index is 2.33. The number of nitrogens with zero attached hydrogens (tertiary/aromatic N) is 1. The van der Waals surface area contributed by atoms with Gasteiger partial charge in [0.1, 0.15) is 5.76 Å². The molecular weight excluding hydrogens is 218 g/mol. The Morgan fingerprint density at radius 3 is 2.83 bits per heavy atom. The van der Waals surface area contributed by atoms with Crippen molar-refractivity contribution in [2.24, 2.45) is 0 Å². The number of hydrogen-bond acceptors (Lipinski definition) is 2. The summed E-state index contributed by atoms with van der Waals surface area (Å²) in [6, 6.07) is 0. The fourth-order valence-corrected chi connectivity index (χ4v) is 1.95. The lowest BCUT2D eigenvalue weighted by atomic mass is 10.1. The third-order valence-corrected chi connectivity index (χ3v) is 2.86. The number of aromatic nitrogens is 1. The van der Waals surface area contributed by atoms with Crippen LogP contribution in [0.1, 0.15) is 42.7 Å². The molecule has 0 aromatic carbocycles. The van der Waals surface area contributed by atoms with Crippen LogP contribution in [0.5, 0.6) is 0 Å². The molecule has 0 N–H and O–H groups in total. The van der Waals surface area contributed by atoms with Crippen LogP contribution in [0, 0.1) is 0 Å². The summed E-state index contributed by atoms with van der Waals surface area (Å²) in [4.78, 5) is 0. The lowest BCUT2D eigenvalue weighted by Crippen LogP contribution is -1.88. The highest BCUT2D eigenvalue weighted by atomic mass is 79.9. The van der Waals surface area contributed by atoms with Crippen LogP contribution in [0.3, 0.4) is 0 Å². The molecule has 0 bridgehead atoms. The van der Waals surface area contributed by atoms with E-state index in [4.69, 9.17) is 4.52 Å². The zero-order valence-corrected chi connectivity index (χ0v) is 8.73. The van der Waals surface area contributed by atoms with E-state index in [1.165, 1.54) is 18.4 Å². The maximum Gasteiger partial charge on any atom is 0.143 e. The molecule has 1 aliphatic carbocycles. The Labute approximate surface area is 80.4 Å². The van der Waals surface area contributed by atoms with Crippen molar-refractivity contribution in [2.45, 2.75) is 37.4 Å². The molecule has 1 aromatic rings. The average Bonchev–Trinajstić information content (AvgIpc) is 2.85. The molecule has 12 heavy (non-hydrogen) atoms. The Bertz CT molecular complexity index is 278. The SMILES string of the molecule is CCc1c(CBr)noc1C1CC1. The van der Waals surface area contributed by atoms with Crippen LogP contribution in [-0.2, 0) is 11.8 Å². The molecule has 0 atom stereocenters. The average molecular weight is 230 g/mol. The molecule has 1 saturated carbocycles. The van der Waals surface area contributed by atoms with E-state index in [0.29, 0.717) is 5.92 Å². The van der Waals surface area contributed by atoms with Gasteiger partial charge in [-0.05, 0) is 19.3 Å². The van der Waals surface area contributed by atoms with Crippen LogP contribution in [0.2, 0.25) is 0 Å². The molecule has 0 saturated heterocycles. The Kier molecular flexibility index (Phi) is 2.22. The number of alkyl halides is 1. The molecule has 1 aromatic heterocycles. The first-order chi connectivity index (χ1) is 5.86. The van der Waals surface area contributed by atoms with Gasteiger partial charge in [-0.1, -0.05) is 28.0 Å². The van der Waals surface area contributed by atoms with Gasteiger partial charge in [0, 0.05) is 16.8 Å². The highest BCUT2D eigenvalue weighted by Gasteiger charge is 2.31. The predicted molar refractivity (Wildman–Crippen MR) is 50.5 cm³/mol. The summed E-state index contributed by atoms with van der Waals surface area (Å²) in [7, 11) is 0. The van der Waals surface area contributed by atoms with E-state index < -0.39 is 0 Å². The fraction of sp³-hybridized carbons (Fsp3) is 0.667. The van der Waals surface area contributed by atoms with Gasteiger partial charge in [0.05, 0.1) is 5.69 Å². The van der Waals surface area contributed by atoms with E-state index in [-0.39, 0.29) is 0 Å². The summed E-state index contributed by atoms with van der Waals surface area (Å²) in [5.74, 6) is 1.83. The lowest BCUT2D eigenvalue weighted by Gasteiger charge is -1.95. The van der Waals surface area contributed by atoms with Gasteiger partial charge in [-0.3, -0.25) is 0 Å². The zero-order chi connectivity index (χ0) is 8.55. The van der Waals surface area contributed by atoms with Crippen LogP contribution < -0.4 is 0 Å². The van der Waals surface area contributed by atoms with Gasteiger partial charge < -0.3 is 4.52 Å². The highest BCUT2D eigenvalue weighted by Crippen LogP contribution is 2.42. The first-order valence-electron chi connectivity index (χ1n) is 4.40. The molecule has 0 unspecified atom stereocenters. The fourth-order valence-electron chi connectivity index (χ4n) is 1.51. The molecule has 2 rings (SSSR count). The monoisotopic (exact) mass is 229 g/mol. The molecule has 2 nitrogen and oxygen atoms in total. The van der Waals surface area contributed by atoms with E-state index in [1.807, 2.05) is 0 Å². The van der Waals surface area contributed by atoms with Crippen LogP contribution in [0.4, 0.5) is 0 Å². The molecule has 0 radical (unpaired) electrons. The summed E-state index contributed by atoms with van der Waals surface area (Å²) in [5, 5.41) is 4.86. The van der Waals surface area contributed by atoms with Crippen molar-refractivity contribution in [2.75, 3.05) is 0 Å². The van der Waals surface area contributed by atoms with E-state index in [2.05, 4.69) is 28.0 Å². The van der Waals surface area contributed by atoms with Crippen molar-refractivity contribution in [1.82, 2.24) is 5.16 Å². The second-order valence-corrected chi connectivity index (χ2v) is 3.79. The van der Waals surface area contributed by atoms with Crippen molar-refractivity contribution in [1.29, 1.82) is 0 Å². The van der Waals surface area contributed by atoms with Crippen molar-refractivity contribution in [3.63, 3.8) is 0 Å². The Morgan fingerprint density at radius 1 is 1.58 bits per heavy atom. The first-order valence-corrected chi connectivity index (χ1v) is 5.52. The number of hydrogen-bond donors (Lipinski definition) is 0. The van der Waals surface area contributed by atoms with E-state index in [9.17, 15) is 0 Å². The van der Waals surface area contributed by atoms with Gasteiger partial charge in [-0.2, -0.15) is 0 Å². The maximum atomic E-state index is 5.32. The van der Waals surface area contributed by atoms with Gasteiger partial charge in [0.15, 0.2) is 0 Å². The molecular formula is C9H12BrNO. The highest BCUT2D eigenvalue weighted by molar-refractivity contribution is 9.08. The smallest absolute Gasteiger partial charge is 0.143 e. The van der Waals surface area contributed by atoms with Crippen LogP contribution in [0.25, 0.3) is 0 Å². The molecule has 0 spiro atoms. The summed E-state index contributed by atoms with van der Waals surface area (Å²) < 4.78 is 5.32. The second kappa shape index (κ2) is 3.21. The molecule has 0 aliphatic heterocycles. The predicted octanol–water partition coefficient (Wildman–Crippen LogP) is 3.01. The van der Waals surface area contributed by atoms with Gasteiger partial charge >= 0.3 is 0 Å². The number of halogens is 1. The third-order valence-electron chi connectivity index (χ3n) is 2.33. The molecule has 0 amide bonds. The Morgan fingerprint density at radius 2 is 2.33 bits per heavy atom. The Hall–Kier alpha value is -0.310. The summed E-state index contributed by atoms with van der Waals surface area (Å²) in [6.07, 6.45) is 3.60. The van der Waals surface area contributed by atoms with Crippen LogP contribution in [-0.4, -0.2) is 5.16 Å². The standard InChI is InChI=1S/C9H12BrNO/c1-2-7-8(5-10)11-12-9(7)6-3-4-6/h6H,2-5H2,1H3. The van der Waals surface area contributed by atoms with Gasteiger partial charge in [0.2, 0.25) is 0 Å². The minimum Gasteiger partial charge on any atom is -0.361 e. The minimum absolute atomic E-state index is 0.681. The largest absolute Gasteiger partial charge is 0.361 e. The molecule has 1 fully saturated rings.